The molecule has 1 N–H and O–H groups in total. The second-order valence-electron chi connectivity index (χ2n) is 8.57. The minimum Gasteiger partial charge on any atom is -0.481 e. The minimum atomic E-state index is -0.863. The number of nitrogens with zero attached hydrogens (tertiary/aromatic N) is 5. The van der Waals surface area contributed by atoms with Crippen LogP contribution in [0.15, 0.2) is 67.0 Å². The van der Waals surface area contributed by atoms with Gasteiger partial charge in [-0.25, -0.2) is 4.98 Å². The summed E-state index contributed by atoms with van der Waals surface area (Å²) in [5.41, 5.74) is 4.81. The zero-order valence-corrected chi connectivity index (χ0v) is 18.8. The number of hydrogen-bond donors (Lipinski definition) is 1. The van der Waals surface area contributed by atoms with Crippen LogP contribution in [0.4, 0.5) is 5.82 Å². The first-order valence-corrected chi connectivity index (χ1v) is 11.0. The predicted molar refractivity (Wildman–Crippen MR) is 127 cm³/mol. The molecule has 5 rings (SSSR count). The van der Waals surface area contributed by atoms with Crippen molar-refractivity contribution in [2.75, 3.05) is 4.90 Å². The van der Waals surface area contributed by atoms with Crippen LogP contribution in [0.3, 0.4) is 0 Å². The number of aromatic nitrogens is 4. The fourth-order valence-electron chi connectivity index (χ4n) is 4.16. The third-order valence-corrected chi connectivity index (χ3v) is 5.93. The molecule has 0 saturated heterocycles. The van der Waals surface area contributed by atoms with Gasteiger partial charge in [0.25, 0.3) is 5.91 Å². The predicted octanol–water partition coefficient (Wildman–Crippen LogP) is 4.38. The molecule has 4 aromatic rings. The number of carboxylic acid groups (broad SMARTS) is 1. The zero-order chi connectivity index (χ0) is 23.8. The van der Waals surface area contributed by atoms with E-state index in [0.29, 0.717) is 29.4 Å². The van der Waals surface area contributed by atoms with Gasteiger partial charge in [0.1, 0.15) is 17.8 Å². The maximum Gasteiger partial charge on any atom is 0.307 e. The van der Waals surface area contributed by atoms with E-state index in [9.17, 15) is 9.59 Å². The van der Waals surface area contributed by atoms with E-state index in [4.69, 9.17) is 10.1 Å². The summed E-state index contributed by atoms with van der Waals surface area (Å²) in [4.78, 5) is 30.6. The van der Waals surface area contributed by atoms with Crippen molar-refractivity contribution in [2.24, 2.45) is 0 Å². The number of benzene rings is 2. The molecule has 34 heavy (non-hydrogen) atoms. The molecule has 0 saturated carbocycles. The van der Waals surface area contributed by atoms with Gasteiger partial charge < -0.3 is 9.67 Å². The van der Waals surface area contributed by atoms with Gasteiger partial charge in [0, 0.05) is 11.6 Å². The number of rotatable bonds is 6. The fourth-order valence-corrected chi connectivity index (χ4v) is 4.16. The fraction of sp³-hybridized carbons (Fsp3) is 0.192. The van der Waals surface area contributed by atoms with Crippen molar-refractivity contribution in [3.05, 3.63) is 83.7 Å². The first-order valence-electron chi connectivity index (χ1n) is 11.0. The number of aliphatic carboxylic acids is 1. The van der Waals surface area contributed by atoms with E-state index in [-0.39, 0.29) is 18.4 Å². The van der Waals surface area contributed by atoms with Crippen molar-refractivity contribution in [1.82, 2.24) is 19.7 Å². The van der Waals surface area contributed by atoms with Gasteiger partial charge in [-0.3, -0.25) is 14.5 Å². The molecule has 8 heteroatoms. The molecule has 0 unspecified atom stereocenters. The smallest absolute Gasteiger partial charge is 0.307 e. The number of hydrogen-bond acceptors (Lipinski definition) is 5. The Kier molecular flexibility index (Phi) is 5.41. The maximum atomic E-state index is 13.3. The molecular weight excluding hydrogens is 430 g/mol. The molecule has 0 radical (unpaired) electrons. The van der Waals surface area contributed by atoms with Crippen LogP contribution in [0.25, 0.3) is 22.6 Å². The van der Waals surface area contributed by atoms with Gasteiger partial charge >= 0.3 is 5.97 Å². The van der Waals surface area contributed by atoms with Crippen LogP contribution in [0, 0.1) is 0 Å². The van der Waals surface area contributed by atoms with Crippen LogP contribution in [-0.4, -0.2) is 36.7 Å². The SMILES string of the molecule is CC(C)n1cnnc1-c1cccc(N2Cc3ccc(-c4ccc(CC(=O)O)cc4)cc3C2=O)n1. The summed E-state index contributed by atoms with van der Waals surface area (Å²) in [6.45, 7) is 4.54. The Balaban J connectivity index is 1.42. The summed E-state index contributed by atoms with van der Waals surface area (Å²) in [6, 6.07) is 19.0. The molecule has 170 valence electrons. The van der Waals surface area contributed by atoms with Gasteiger partial charge in [-0.2, -0.15) is 0 Å². The molecule has 1 aliphatic rings. The second kappa shape index (κ2) is 8.55. The highest BCUT2D eigenvalue weighted by Crippen LogP contribution is 2.32. The van der Waals surface area contributed by atoms with Crippen molar-refractivity contribution in [2.45, 2.75) is 32.9 Å². The van der Waals surface area contributed by atoms with Gasteiger partial charge in [-0.1, -0.05) is 42.5 Å². The third kappa shape index (κ3) is 3.94. The average Bonchev–Trinajstić information content (AvgIpc) is 3.45. The lowest BCUT2D eigenvalue weighted by Gasteiger charge is -2.16. The highest BCUT2D eigenvalue weighted by molar-refractivity contribution is 6.10. The number of pyridine rings is 1. The first kappa shape index (κ1) is 21.5. The number of fused-ring (bicyclic) bond motifs is 1. The molecule has 2 aromatic carbocycles. The molecule has 0 fully saturated rings. The zero-order valence-electron chi connectivity index (χ0n) is 18.8. The lowest BCUT2D eigenvalue weighted by molar-refractivity contribution is -0.136. The van der Waals surface area contributed by atoms with E-state index in [1.54, 1.807) is 23.4 Å². The van der Waals surface area contributed by atoms with E-state index < -0.39 is 5.97 Å². The van der Waals surface area contributed by atoms with Gasteiger partial charge in [0.15, 0.2) is 5.82 Å². The summed E-state index contributed by atoms with van der Waals surface area (Å²) in [5.74, 6) is 0.263. The van der Waals surface area contributed by atoms with Crippen molar-refractivity contribution >= 4 is 17.7 Å². The molecule has 8 nitrogen and oxygen atoms in total. The molecule has 1 amide bonds. The van der Waals surface area contributed by atoms with Gasteiger partial charge in [0.2, 0.25) is 0 Å². The molecular formula is C26H23N5O3. The Morgan fingerprint density at radius 3 is 2.56 bits per heavy atom. The second-order valence-corrected chi connectivity index (χ2v) is 8.57. The van der Waals surface area contributed by atoms with Crippen molar-refractivity contribution in [1.29, 1.82) is 0 Å². The Hall–Kier alpha value is -4.33. The van der Waals surface area contributed by atoms with Crippen molar-refractivity contribution in [3.8, 4) is 22.6 Å². The summed E-state index contributed by atoms with van der Waals surface area (Å²) in [5, 5.41) is 17.2. The molecule has 0 bridgehead atoms. The van der Waals surface area contributed by atoms with Gasteiger partial charge in [-0.15, -0.1) is 10.2 Å². The number of anilines is 1. The number of carbonyl (C=O) groups excluding carboxylic acids is 1. The molecule has 2 aromatic heterocycles. The molecule has 3 heterocycles. The van der Waals surface area contributed by atoms with Crippen LogP contribution >= 0.6 is 0 Å². The van der Waals surface area contributed by atoms with E-state index in [1.807, 2.05) is 53.1 Å². The van der Waals surface area contributed by atoms with Crippen LogP contribution < -0.4 is 4.90 Å². The van der Waals surface area contributed by atoms with Crippen molar-refractivity contribution in [3.63, 3.8) is 0 Å². The number of amides is 1. The summed E-state index contributed by atoms with van der Waals surface area (Å²) < 4.78 is 1.95. The lowest BCUT2D eigenvalue weighted by Crippen LogP contribution is -2.24. The van der Waals surface area contributed by atoms with E-state index in [0.717, 1.165) is 22.3 Å². The molecule has 0 aliphatic carbocycles. The van der Waals surface area contributed by atoms with Crippen LogP contribution in [-0.2, 0) is 17.8 Å². The number of carbonyl (C=O) groups is 2. The quantitative estimate of drug-likeness (QED) is 0.465. The summed E-state index contributed by atoms with van der Waals surface area (Å²) in [7, 11) is 0. The van der Waals surface area contributed by atoms with Crippen molar-refractivity contribution < 1.29 is 14.7 Å². The minimum absolute atomic E-state index is 0.0164. The van der Waals surface area contributed by atoms with Crippen LogP contribution in [0.1, 0.15) is 41.4 Å². The van der Waals surface area contributed by atoms with Gasteiger partial charge in [-0.05, 0) is 54.3 Å². The van der Waals surface area contributed by atoms with E-state index in [1.165, 1.54) is 0 Å². The normalized spacial score (nSPS) is 12.9. The van der Waals surface area contributed by atoms with Gasteiger partial charge in [0.05, 0.1) is 13.0 Å². The first-order chi connectivity index (χ1) is 16.4. The Bertz CT molecular complexity index is 1390. The molecule has 0 spiro atoms. The summed E-state index contributed by atoms with van der Waals surface area (Å²) >= 11 is 0. The standard InChI is InChI=1S/C26H23N5O3/c1-16(2)31-15-27-29-25(31)22-4-3-5-23(28-22)30-14-20-11-10-19(13-21(20)26(30)34)18-8-6-17(7-9-18)12-24(32)33/h3-11,13,15-16H,12,14H2,1-2H3,(H,32,33). The summed E-state index contributed by atoms with van der Waals surface area (Å²) in [6.07, 6.45) is 1.67. The van der Waals surface area contributed by atoms with Crippen LogP contribution in [0.5, 0.6) is 0 Å². The van der Waals surface area contributed by atoms with E-state index >= 15 is 0 Å². The molecule has 0 atom stereocenters. The van der Waals surface area contributed by atoms with Crippen LogP contribution in [0.2, 0.25) is 0 Å². The lowest BCUT2D eigenvalue weighted by atomic mass is 9.99. The van der Waals surface area contributed by atoms with E-state index in [2.05, 4.69) is 24.0 Å². The largest absolute Gasteiger partial charge is 0.481 e. The Morgan fingerprint density at radius 1 is 1.06 bits per heavy atom. The number of carboxylic acids is 1. The average molecular weight is 454 g/mol. The monoisotopic (exact) mass is 453 g/mol. The maximum absolute atomic E-state index is 13.3. The molecule has 1 aliphatic heterocycles. The third-order valence-electron chi connectivity index (χ3n) is 5.93. The Morgan fingerprint density at radius 2 is 1.82 bits per heavy atom. The highest BCUT2D eigenvalue weighted by Gasteiger charge is 2.30. The highest BCUT2D eigenvalue weighted by atomic mass is 16.4. The topological polar surface area (TPSA) is 101 Å². The Labute approximate surface area is 196 Å².